The lowest BCUT2D eigenvalue weighted by Gasteiger charge is -2.33. The predicted octanol–water partition coefficient (Wildman–Crippen LogP) is 18.2. The Balaban J connectivity index is 0.000000665. The summed E-state index contributed by atoms with van der Waals surface area (Å²) in [4.78, 5) is 57.9. The zero-order chi connectivity index (χ0) is 70.1. The molecule has 0 fully saturated rings. The highest BCUT2D eigenvalue weighted by Gasteiger charge is 2.43. The van der Waals surface area contributed by atoms with E-state index < -0.39 is 123 Å². The third-order valence-electron chi connectivity index (χ3n) is 15.3. The maximum absolute atomic E-state index is 14.0. The lowest BCUT2D eigenvalue weighted by molar-refractivity contribution is -0.163. The van der Waals surface area contributed by atoms with Crippen LogP contribution >= 0.6 is 0 Å². The van der Waals surface area contributed by atoms with E-state index in [1.54, 1.807) is 34.6 Å². The van der Waals surface area contributed by atoms with Gasteiger partial charge in [0, 0.05) is 23.0 Å². The van der Waals surface area contributed by atoms with Crippen molar-refractivity contribution in [1.82, 2.24) is 10.6 Å². The first-order chi connectivity index (χ1) is 43.3. The molecular formula is C68H88F10N6O8. The first-order valence-corrected chi connectivity index (χ1v) is 30.5. The van der Waals surface area contributed by atoms with Crippen LogP contribution < -0.4 is 10.6 Å². The Morgan fingerprint density at radius 1 is 0.511 bits per heavy atom. The average Bonchev–Trinajstić information content (AvgIpc) is 1.22. The van der Waals surface area contributed by atoms with Gasteiger partial charge < -0.3 is 20.1 Å². The van der Waals surface area contributed by atoms with Crippen LogP contribution in [0.15, 0.2) is 71.0 Å². The van der Waals surface area contributed by atoms with Crippen LogP contribution in [-0.4, -0.2) is 61.9 Å². The van der Waals surface area contributed by atoms with E-state index in [0.29, 0.717) is 48.9 Å². The number of benzene rings is 4. The average molecular weight is 1310 g/mol. The van der Waals surface area contributed by atoms with Gasteiger partial charge >= 0.3 is 24.1 Å². The van der Waals surface area contributed by atoms with Crippen molar-refractivity contribution in [3.05, 3.63) is 141 Å². The predicted molar refractivity (Wildman–Crippen MR) is 331 cm³/mol. The van der Waals surface area contributed by atoms with Crippen LogP contribution in [0.4, 0.5) is 53.5 Å². The number of carbonyl (C=O) groups is 4. The summed E-state index contributed by atoms with van der Waals surface area (Å²) in [6, 6.07) is 26.0. The molecule has 0 heterocycles. The molecule has 2 N–H and O–H groups in total. The summed E-state index contributed by atoms with van der Waals surface area (Å²) in [5.74, 6) is -24.6. The number of rotatable bonds is 28. The number of hydrogen-bond donors (Lipinski definition) is 2. The molecule has 0 saturated heterocycles. The zero-order valence-corrected chi connectivity index (χ0v) is 55.0. The summed E-state index contributed by atoms with van der Waals surface area (Å²) >= 11 is 0. The van der Waals surface area contributed by atoms with Crippen LogP contribution in [0.5, 0.6) is 0 Å². The molecule has 92 heavy (non-hydrogen) atoms. The van der Waals surface area contributed by atoms with Gasteiger partial charge in [-0.2, -0.15) is 10.5 Å². The Labute approximate surface area is 534 Å². The van der Waals surface area contributed by atoms with Gasteiger partial charge in [0.15, 0.2) is 46.5 Å². The lowest BCUT2D eigenvalue weighted by Crippen LogP contribution is -2.40. The highest BCUT2D eigenvalue weighted by molar-refractivity contribution is 5.82. The van der Waals surface area contributed by atoms with Crippen molar-refractivity contribution in [1.29, 1.82) is 10.5 Å². The summed E-state index contributed by atoms with van der Waals surface area (Å²) in [6.07, 6.45) is 3.54. The molecule has 0 aliphatic rings. The molecule has 2 amide bonds. The van der Waals surface area contributed by atoms with Gasteiger partial charge in [-0.3, -0.25) is 19.3 Å². The van der Waals surface area contributed by atoms with Crippen molar-refractivity contribution in [3.8, 4) is 12.1 Å². The van der Waals surface area contributed by atoms with E-state index in [2.05, 4.69) is 117 Å². The van der Waals surface area contributed by atoms with Crippen LogP contribution in [0.25, 0.3) is 0 Å². The van der Waals surface area contributed by atoms with Crippen molar-refractivity contribution in [2.45, 2.75) is 185 Å². The second kappa shape index (κ2) is 41.5. The van der Waals surface area contributed by atoms with Crippen molar-refractivity contribution < 1.29 is 82.2 Å². The summed E-state index contributed by atoms with van der Waals surface area (Å²) in [5, 5.41) is 29.1. The Kier molecular flexibility index (Phi) is 36.9. The van der Waals surface area contributed by atoms with Gasteiger partial charge in [0.2, 0.25) is 11.6 Å². The molecule has 4 aromatic carbocycles. The summed E-state index contributed by atoms with van der Waals surface area (Å²) in [6.45, 7) is 24.8. The van der Waals surface area contributed by atoms with E-state index in [1.807, 2.05) is 34.6 Å². The maximum atomic E-state index is 14.0. The zero-order valence-electron chi connectivity index (χ0n) is 55.0. The van der Waals surface area contributed by atoms with Gasteiger partial charge in [-0.15, -0.1) is 0 Å². The minimum absolute atomic E-state index is 0.0181. The van der Waals surface area contributed by atoms with E-state index in [1.165, 1.54) is 30.9 Å². The second-order valence-corrected chi connectivity index (χ2v) is 23.0. The molecule has 508 valence electrons. The number of nitrogens with one attached hydrogen (secondary N) is 2. The van der Waals surface area contributed by atoms with Gasteiger partial charge in [0.1, 0.15) is 13.2 Å². The fourth-order valence-electron chi connectivity index (χ4n) is 9.25. The number of esters is 2. The number of amides is 2. The standard InChI is InChI=1S/C24H42N4O8.C18H12F10.C18H22.C8H12N2/c1-9-17(4)27-35-21(31)25-12-14-33-19(29)23(6,7)16-24(8,11-3)20(30)34-15-13-26-22(32)36-28-18(5)10-2;1-3-6(8-11(21)15(25)18(28)16(26)12(8)22)4-5(2)7-9(19)13(23)17(27)14(24)10(7)20;1-3-16(18-12-8-5-9-13-18)14-15(2)17-10-6-4-7-11-17;1-3-8(6-10)4-7(2)5-9/h9-16H2,1-8H3,(H,25,31)(H,26,32);5-6H,3-4H2,1-2H3;4-13,15-16H,3,14H2,1-2H3;7-8H,3-4H2,1-2H3. The van der Waals surface area contributed by atoms with Crippen LogP contribution in [0.2, 0.25) is 0 Å². The first-order valence-electron chi connectivity index (χ1n) is 30.5. The van der Waals surface area contributed by atoms with Gasteiger partial charge in [0.25, 0.3) is 0 Å². The maximum Gasteiger partial charge on any atom is 0.433 e. The Hall–Kier alpha value is -8.02. The third kappa shape index (κ3) is 26.3. The number of carbonyl (C=O) groups excluding carboxylic acids is 4. The second-order valence-electron chi connectivity index (χ2n) is 23.0. The molecule has 0 aliphatic heterocycles. The fraction of sp³-hybridized carbons (Fsp3) is 0.529. The molecular weight excluding hydrogens is 1220 g/mol. The summed E-state index contributed by atoms with van der Waals surface area (Å²) < 4.78 is 146. The number of halogens is 10. The van der Waals surface area contributed by atoms with Crippen LogP contribution in [0.3, 0.4) is 0 Å². The topological polar surface area (TPSA) is 202 Å². The normalized spacial score (nSPS) is 13.9. The summed E-state index contributed by atoms with van der Waals surface area (Å²) in [5.41, 5.74) is -0.139. The number of nitrogens with zero attached hydrogens (tertiary/aromatic N) is 4. The van der Waals surface area contributed by atoms with Gasteiger partial charge in [-0.25, -0.2) is 53.5 Å². The van der Waals surface area contributed by atoms with Crippen molar-refractivity contribution in [2.75, 3.05) is 26.3 Å². The lowest BCUT2D eigenvalue weighted by atomic mass is 9.72. The molecule has 4 rings (SSSR count). The molecule has 0 aliphatic carbocycles. The van der Waals surface area contributed by atoms with E-state index in [9.17, 15) is 63.1 Å². The van der Waals surface area contributed by atoms with Gasteiger partial charge in [-0.05, 0) is 141 Å². The third-order valence-corrected chi connectivity index (χ3v) is 15.3. The van der Waals surface area contributed by atoms with Gasteiger partial charge in [0.05, 0.1) is 47.5 Å². The molecule has 7 unspecified atom stereocenters. The van der Waals surface area contributed by atoms with E-state index in [-0.39, 0.29) is 51.0 Å². The number of hydrogen-bond acceptors (Lipinski definition) is 12. The molecule has 7 atom stereocenters. The van der Waals surface area contributed by atoms with E-state index in [4.69, 9.17) is 20.0 Å². The number of ether oxygens (including phenoxy) is 2. The van der Waals surface area contributed by atoms with E-state index in [0.717, 1.165) is 13.3 Å². The van der Waals surface area contributed by atoms with Crippen molar-refractivity contribution >= 4 is 35.5 Å². The smallest absolute Gasteiger partial charge is 0.433 e. The SMILES string of the molecule is CCC(C#N)CC(C)C#N.CCC(C)=NOC(=O)NCCOC(=O)C(C)(C)CC(C)(CC)C(=O)OCCNC(=O)ON=C(C)CC.CCC(CC(C)c1c(F)c(F)c(F)c(F)c1F)c1c(F)c(F)c(F)c(F)c1F.CCC(CC(C)c1ccccc1)c1ccccc1. The molecule has 0 bridgehead atoms. The Morgan fingerprint density at radius 2 is 0.902 bits per heavy atom. The van der Waals surface area contributed by atoms with Gasteiger partial charge in [-0.1, -0.05) is 126 Å². The van der Waals surface area contributed by atoms with Crippen LogP contribution in [-0.2, 0) is 28.7 Å². The van der Waals surface area contributed by atoms with Crippen LogP contribution in [0.1, 0.15) is 207 Å². The molecule has 4 aromatic rings. The first kappa shape index (κ1) is 82.0. The number of nitriles is 2. The molecule has 0 radical (unpaired) electrons. The molecule has 0 aromatic heterocycles. The largest absolute Gasteiger partial charge is 0.463 e. The highest BCUT2D eigenvalue weighted by Crippen LogP contribution is 2.41. The Bertz CT molecular complexity index is 3090. The fourth-order valence-corrected chi connectivity index (χ4v) is 9.25. The van der Waals surface area contributed by atoms with Crippen molar-refractivity contribution in [3.63, 3.8) is 0 Å². The molecule has 14 nitrogen and oxygen atoms in total. The minimum Gasteiger partial charge on any atom is -0.463 e. The molecule has 0 saturated carbocycles. The molecule has 0 spiro atoms. The quantitative estimate of drug-likeness (QED) is 0.00805. The minimum atomic E-state index is -2.38. The molecule has 24 heteroatoms. The van der Waals surface area contributed by atoms with Crippen molar-refractivity contribution in [2.24, 2.45) is 33.0 Å². The highest BCUT2D eigenvalue weighted by atomic mass is 19.2. The van der Waals surface area contributed by atoms with E-state index >= 15 is 0 Å². The number of oxime groups is 2. The monoisotopic (exact) mass is 1310 g/mol. The Morgan fingerprint density at radius 3 is 1.28 bits per heavy atom. The van der Waals surface area contributed by atoms with Crippen LogP contribution in [0, 0.1) is 104 Å². The summed E-state index contributed by atoms with van der Waals surface area (Å²) in [7, 11) is 0.